The molecule has 0 saturated heterocycles. The normalized spacial score (nSPS) is 11.6. The molecule has 1 N–H and O–H groups in total. The molecule has 5 nitrogen and oxygen atoms in total. The Labute approximate surface area is 132 Å². The highest BCUT2D eigenvalue weighted by molar-refractivity contribution is 7.89. The van der Waals surface area contributed by atoms with Crippen molar-refractivity contribution in [1.82, 2.24) is 9.29 Å². The smallest absolute Gasteiger partial charge is 0.240 e. The number of aryl methyl sites for hydroxylation is 3. The number of rotatable bonds is 6. The van der Waals surface area contributed by atoms with Crippen molar-refractivity contribution in [3.63, 3.8) is 0 Å². The van der Waals surface area contributed by atoms with Crippen LogP contribution in [-0.4, -0.2) is 26.6 Å². The highest BCUT2D eigenvalue weighted by atomic mass is 32.2. The van der Waals surface area contributed by atoms with E-state index in [1.807, 2.05) is 26.0 Å². The molecule has 22 heavy (non-hydrogen) atoms. The van der Waals surface area contributed by atoms with E-state index in [0.29, 0.717) is 24.4 Å². The summed E-state index contributed by atoms with van der Waals surface area (Å²) in [7, 11) is -1.96. The van der Waals surface area contributed by atoms with E-state index in [1.54, 1.807) is 32.2 Å². The van der Waals surface area contributed by atoms with Gasteiger partial charge in [0.15, 0.2) is 0 Å². The molecule has 120 valence electrons. The van der Waals surface area contributed by atoms with Crippen LogP contribution in [0.2, 0.25) is 0 Å². The average molecular weight is 322 g/mol. The van der Waals surface area contributed by atoms with Crippen molar-refractivity contribution in [3.05, 3.63) is 47.3 Å². The van der Waals surface area contributed by atoms with Crippen LogP contribution in [0.4, 0.5) is 0 Å². The average Bonchev–Trinajstić information content (AvgIpc) is 2.78. The van der Waals surface area contributed by atoms with E-state index in [-0.39, 0.29) is 4.90 Å². The number of nitrogens with zero attached hydrogens (tertiary/aromatic N) is 1. The van der Waals surface area contributed by atoms with Gasteiger partial charge in [0.25, 0.3) is 0 Å². The number of sulfonamides is 1. The minimum atomic E-state index is -3.51. The second kappa shape index (κ2) is 6.54. The van der Waals surface area contributed by atoms with E-state index in [4.69, 9.17) is 4.74 Å². The fourth-order valence-corrected chi connectivity index (χ4v) is 3.72. The first-order chi connectivity index (χ1) is 10.3. The SMILES string of the molecule is COc1ccc(S(=O)(=O)NCCn2c(C)ccc2C)c(C)c1. The molecule has 1 aromatic heterocycles. The number of hydrogen-bond donors (Lipinski definition) is 1. The molecule has 0 aliphatic heterocycles. The molecule has 0 aliphatic carbocycles. The number of ether oxygens (including phenoxy) is 1. The van der Waals surface area contributed by atoms with Gasteiger partial charge in [-0.25, -0.2) is 13.1 Å². The summed E-state index contributed by atoms with van der Waals surface area (Å²) >= 11 is 0. The van der Waals surface area contributed by atoms with Gasteiger partial charge in [-0.1, -0.05) is 0 Å². The zero-order valence-corrected chi connectivity index (χ0v) is 14.2. The van der Waals surface area contributed by atoms with Crippen LogP contribution in [0.25, 0.3) is 0 Å². The summed E-state index contributed by atoms with van der Waals surface area (Å²) in [5.41, 5.74) is 2.91. The topological polar surface area (TPSA) is 60.3 Å². The van der Waals surface area contributed by atoms with Gasteiger partial charge in [-0.15, -0.1) is 0 Å². The Balaban J connectivity index is 2.08. The third kappa shape index (κ3) is 3.51. The van der Waals surface area contributed by atoms with Crippen LogP contribution in [0, 0.1) is 20.8 Å². The van der Waals surface area contributed by atoms with Gasteiger partial charge >= 0.3 is 0 Å². The van der Waals surface area contributed by atoms with Gasteiger partial charge in [0.05, 0.1) is 12.0 Å². The van der Waals surface area contributed by atoms with Gasteiger partial charge in [0, 0.05) is 24.5 Å². The summed E-state index contributed by atoms with van der Waals surface area (Å²) < 4.78 is 34.6. The number of aromatic nitrogens is 1. The minimum Gasteiger partial charge on any atom is -0.497 e. The monoisotopic (exact) mass is 322 g/mol. The number of benzene rings is 1. The summed E-state index contributed by atoms with van der Waals surface area (Å²) in [4.78, 5) is 0.286. The Kier molecular flexibility index (Phi) is 4.93. The predicted molar refractivity (Wildman–Crippen MR) is 86.8 cm³/mol. The van der Waals surface area contributed by atoms with E-state index < -0.39 is 10.0 Å². The number of nitrogens with one attached hydrogen (secondary N) is 1. The highest BCUT2D eigenvalue weighted by Crippen LogP contribution is 2.20. The van der Waals surface area contributed by atoms with Gasteiger partial charge in [-0.2, -0.15) is 0 Å². The van der Waals surface area contributed by atoms with Crippen LogP contribution in [0.5, 0.6) is 5.75 Å². The lowest BCUT2D eigenvalue weighted by Crippen LogP contribution is -2.28. The highest BCUT2D eigenvalue weighted by Gasteiger charge is 2.16. The van der Waals surface area contributed by atoms with Crippen LogP contribution < -0.4 is 9.46 Å². The van der Waals surface area contributed by atoms with Crippen molar-refractivity contribution < 1.29 is 13.2 Å². The van der Waals surface area contributed by atoms with Crippen molar-refractivity contribution in [2.75, 3.05) is 13.7 Å². The second-order valence-corrected chi connectivity index (χ2v) is 7.03. The fourth-order valence-electron chi connectivity index (χ4n) is 2.47. The zero-order chi connectivity index (χ0) is 16.3. The first-order valence-electron chi connectivity index (χ1n) is 7.12. The largest absolute Gasteiger partial charge is 0.497 e. The molecule has 0 radical (unpaired) electrons. The lowest BCUT2D eigenvalue weighted by Gasteiger charge is -2.12. The van der Waals surface area contributed by atoms with Gasteiger partial charge in [0.1, 0.15) is 5.75 Å². The Morgan fingerprint density at radius 3 is 2.27 bits per heavy atom. The lowest BCUT2D eigenvalue weighted by atomic mass is 10.2. The molecule has 0 fully saturated rings. The molecule has 0 bridgehead atoms. The number of hydrogen-bond acceptors (Lipinski definition) is 3. The minimum absolute atomic E-state index is 0.286. The first-order valence-corrected chi connectivity index (χ1v) is 8.60. The Hall–Kier alpha value is -1.79. The van der Waals surface area contributed by atoms with E-state index in [0.717, 1.165) is 11.4 Å². The maximum atomic E-state index is 12.4. The third-order valence-corrected chi connectivity index (χ3v) is 5.34. The quantitative estimate of drug-likeness (QED) is 0.888. The van der Waals surface area contributed by atoms with Gasteiger partial charge < -0.3 is 9.30 Å². The Morgan fingerprint density at radius 1 is 1.09 bits per heavy atom. The predicted octanol–water partition coefficient (Wildman–Crippen LogP) is 2.40. The standard InChI is InChI=1S/C16H22N2O3S/c1-12-11-15(21-4)7-8-16(12)22(19,20)17-9-10-18-13(2)5-6-14(18)3/h5-8,11,17H,9-10H2,1-4H3. The maximum absolute atomic E-state index is 12.4. The summed E-state index contributed by atoms with van der Waals surface area (Å²) in [5, 5.41) is 0. The molecule has 2 rings (SSSR count). The summed E-state index contributed by atoms with van der Waals surface area (Å²) in [6.07, 6.45) is 0. The van der Waals surface area contributed by atoms with Crippen molar-refractivity contribution in [1.29, 1.82) is 0 Å². The molecule has 0 spiro atoms. The number of methoxy groups -OCH3 is 1. The van der Waals surface area contributed by atoms with Crippen molar-refractivity contribution in [2.45, 2.75) is 32.2 Å². The molecule has 0 aliphatic rings. The van der Waals surface area contributed by atoms with Crippen molar-refractivity contribution in [2.24, 2.45) is 0 Å². The van der Waals surface area contributed by atoms with E-state index in [2.05, 4.69) is 9.29 Å². The van der Waals surface area contributed by atoms with Crippen molar-refractivity contribution >= 4 is 10.0 Å². The van der Waals surface area contributed by atoms with Crippen LogP contribution in [0.3, 0.4) is 0 Å². The molecule has 1 aromatic carbocycles. The molecule has 0 amide bonds. The van der Waals surface area contributed by atoms with Gasteiger partial charge in [-0.05, 0) is 56.7 Å². The molecular formula is C16H22N2O3S. The van der Waals surface area contributed by atoms with Gasteiger partial charge in [-0.3, -0.25) is 0 Å². The summed E-state index contributed by atoms with van der Waals surface area (Å²) in [6.45, 7) is 6.74. The second-order valence-electron chi connectivity index (χ2n) is 5.30. The van der Waals surface area contributed by atoms with E-state index >= 15 is 0 Å². The Bertz CT molecular complexity index is 744. The van der Waals surface area contributed by atoms with Crippen LogP contribution in [0.15, 0.2) is 35.2 Å². The van der Waals surface area contributed by atoms with E-state index in [1.165, 1.54) is 0 Å². The van der Waals surface area contributed by atoms with Crippen LogP contribution in [-0.2, 0) is 16.6 Å². The summed E-state index contributed by atoms with van der Waals surface area (Å²) in [6, 6.07) is 8.99. The molecular weight excluding hydrogens is 300 g/mol. The molecule has 1 heterocycles. The Morgan fingerprint density at radius 2 is 1.73 bits per heavy atom. The molecule has 0 unspecified atom stereocenters. The van der Waals surface area contributed by atoms with Crippen molar-refractivity contribution in [3.8, 4) is 5.75 Å². The zero-order valence-electron chi connectivity index (χ0n) is 13.4. The maximum Gasteiger partial charge on any atom is 0.240 e. The fraction of sp³-hybridized carbons (Fsp3) is 0.375. The third-order valence-electron chi connectivity index (χ3n) is 3.72. The van der Waals surface area contributed by atoms with Crippen LogP contribution in [0.1, 0.15) is 17.0 Å². The molecule has 0 saturated carbocycles. The first kappa shape index (κ1) is 16.6. The molecule has 0 atom stereocenters. The molecule has 2 aromatic rings. The van der Waals surface area contributed by atoms with E-state index in [9.17, 15) is 8.42 Å². The lowest BCUT2D eigenvalue weighted by molar-refractivity contribution is 0.414. The van der Waals surface area contributed by atoms with Gasteiger partial charge in [0.2, 0.25) is 10.0 Å². The molecule has 6 heteroatoms. The van der Waals surface area contributed by atoms with Crippen LogP contribution >= 0.6 is 0 Å². The summed E-state index contributed by atoms with van der Waals surface area (Å²) in [5.74, 6) is 0.648.